The predicted octanol–water partition coefficient (Wildman–Crippen LogP) is 3.24. The summed E-state index contributed by atoms with van der Waals surface area (Å²) in [5.41, 5.74) is 2.33. The van der Waals surface area contributed by atoms with Crippen LogP contribution >= 0.6 is 11.6 Å². The molecule has 1 heterocycles. The van der Waals surface area contributed by atoms with E-state index in [0.29, 0.717) is 6.04 Å². The van der Waals surface area contributed by atoms with E-state index in [1.54, 1.807) is 0 Å². The van der Waals surface area contributed by atoms with Gasteiger partial charge in [-0.2, -0.15) is 0 Å². The van der Waals surface area contributed by atoms with Crippen LogP contribution in [0.25, 0.3) is 0 Å². The highest BCUT2D eigenvalue weighted by Crippen LogP contribution is 2.30. The molecular weight excluding hydrogens is 260 g/mol. The zero-order chi connectivity index (χ0) is 13.8. The van der Waals surface area contributed by atoms with Gasteiger partial charge in [0.05, 0.1) is 16.8 Å². The lowest BCUT2D eigenvalue weighted by Crippen LogP contribution is -2.30. The maximum absolute atomic E-state index is 6.45. The van der Waals surface area contributed by atoms with Gasteiger partial charge < -0.3 is 15.0 Å². The van der Waals surface area contributed by atoms with Crippen LogP contribution < -0.4 is 10.2 Å². The zero-order valence-electron chi connectivity index (χ0n) is 11.9. The quantitative estimate of drug-likeness (QED) is 0.921. The van der Waals surface area contributed by atoms with Gasteiger partial charge in [0.25, 0.3) is 0 Å². The summed E-state index contributed by atoms with van der Waals surface area (Å²) in [4.78, 5) is 2.33. The van der Waals surface area contributed by atoms with Crippen LogP contribution in [0.15, 0.2) is 18.2 Å². The summed E-state index contributed by atoms with van der Waals surface area (Å²) in [7, 11) is 1.96. The SMILES string of the molecule is CNC(C)c1ccc(N2CCCOC(C)C2)c(Cl)c1. The largest absolute Gasteiger partial charge is 0.377 e. The van der Waals surface area contributed by atoms with Crippen LogP contribution in [0, 0.1) is 0 Å². The molecule has 2 atom stereocenters. The number of anilines is 1. The molecule has 0 bridgehead atoms. The molecule has 1 aromatic carbocycles. The lowest BCUT2D eigenvalue weighted by molar-refractivity contribution is 0.0821. The highest BCUT2D eigenvalue weighted by Gasteiger charge is 2.18. The van der Waals surface area contributed by atoms with Crippen LogP contribution in [0.2, 0.25) is 5.02 Å². The second-order valence-electron chi connectivity index (χ2n) is 5.20. The number of benzene rings is 1. The Balaban J connectivity index is 2.20. The Kier molecular flexibility index (Phi) is 5.08. The van der Waals surface area contributed by atoms with Gasteiger partial charge in [0.1, 0.15) is 0 Å². The average Bonchev–Trinajstić information content (AvgIpc) is 2.62. The monoisotopic (exact) mass is 282 g/mol. The second kappa shape index (κ2) is 6.60. The van der Waals surface area contributed by atoms with Crippen molar-refractivity contribution in [3.63, 3.8) is 0 Å². The van der Waals surface area contributed by atoms with E-state index in [1.165, 1.54) is 5.56 Å². The molecule has 4 heteroatoms. The Morgan fingerprint density at radius 1 is 1.47 bits per heavy atom. The predicted molar refractivity (Wildman–Crippen MR) is 81.2 cm³/mol. The Labute approximate surface area is 120 Å². The van der Waals surface area contributed by atoms with E-state index in [2.05, 4.69) is 42.3 Å². The molecule has 1 aliphatic rings. The number of hydrogen-bond donors (Lipinski definition) is 1. The molecule has 1 aromatic rings. The summed E-state index contributed by atoms with van der Waals surface area (Å²) in [6.07, 6.45) is 1.31. The van der Waals surface area contributed by atoms with Gasteiger partial charge in [-0.1, -0.05) is 17.7 Å². The molecule has 1 saturated heterocycles. The molecule has 19 heavy (non-hydrogen) atoms. The molecule has 0 amide bonds. The molecule has 106 valence electrons. The maximum Gasteiger partial charge on any atom is 0.0721 e. The summed E-state index contributed by atoms with van der Waals surface area (Å²) in [5, 5.41) is 4.06. The third-order valence-corrected chi connectivity index (χ3v) is 4.00. The minimum atomic E-state index is 0.259. The fraction of sp³-hybridized carbons (Fsp3) is 0.600. The van der Waals surface area contributed by atoms with Crippen molar-refractivity contribution in [3.05, 3.63) is 28.8 Å². The van der Waals surface area contributed by atoms with E-state index < -0.39 is 0 Å². The molecule has 0 aliphatic carbocycles. The van der Waals surface area contributed by atoms with Gasteiger partial charge in [-0.3, -0.25) is 0 Å². The first-order chi connectivity index (χ1) is 9.11. The summed E-state index contributed by atoms with van der Waals surface area (Å²) in [6.45, 7) is 6.99. The zero-order valence-corrected chi connectivity index (χ0v) is 12.7. The number of halogens is 1. The molecule has 2 rings (SSSR count). The Hall–Kier alpha value is -0.770. The summed E-state index contributed by atoms with van der Waals surface area (Å²) in [6, 6.07) is 6.66. The second-order valence-corrected chi connectivity index (χ2v) is 5.61. The summed E-state index contributed by atoms with van der Waals surface area (Å²) in [5.74, 6) is 0. The average molecular weight is 283 g/mol. The van der Waals surface area contributed by atoms with Crippen molar-refractivity contribution in [1.82, 2.24) is 5.32 Å². The first kappa shape index (κ1) is 14.6. The molecule has 1 N–H and O–H groups in total. The van der Waals surface area contributed by atoms with Crippen molar-refractivity contribution in [2.75, 3.05) is 31.6 Å². The molecule has 0 saturated carbocycles. The Morgan fingerprint density at radius 2 is 2.26 bits per heavy atom. The van der Waals surface area contributed by atoms with Crippen molar-refractivity contribution in [3.8, 4) is 0 Å². The van der Waals surface area contributed by atoms with Crippen LogP contribution in [0.3, 0.4) is 0 Å². The van der Waals surface area contributed by atoms with Gasteiger partial charge in [0.15, 0.2) is 0 Å². The number of nitrogens with zero attached hydrogens (tertiary/aromatic N) is 1. The molecule has 1 aliphatic heterocycles. The molecule has 0 aromatic heterocycles. The van der Waals surface area contributed by atoms with E-state index >= 15 is 0 Å². The molecule has 0 radical (unpaired) electrons. The summed E-state index contributed by atoms with van der Waals surface area (Å²) >= 11 is 6.45. The first-order valence-corrected chi connectivity index (χ1v) is 7.33. The van der Waals surface area contributed by atoms with Gasteiger partial charge in [-0.15, -0.1) is 0 Å². The van der Waals surface area contributed by atoms with Crippen molar-refractivity contribution in [2.24, 2.45) is 0 Å². The van der Waals surface area contributed by atoms with Crippen LogP contribution in [-0.4, -0.2) is 32.8 Å². The smallest absolute Gasteiger partial charge is 0.0721 e. The van der Waals surface area contributed by atoms with Crippen LogP contribution in [0.1, 0.15) is 31.9 Å². The fourth-order valence-electron chi connectivity index (χ4n) is 2.43. The molecule has 0 spiro atoms. The van der Waals surface area contributed by atoms with Crippen molar-refractivity contribution in [1.29, 1.82) is 0 Å². The first-order valence-electron chi connectivity index (χ1n) is 6.95. The maximum atomic E-state index is 6.45. The Bertz CT molecular complexity index is 425. The van der Waals surface area contributed by atoms with Gasteiger partial charge >= 0.3 is 0 Å². The van der Waals surface area contributed by atoms with E-state index in [-0.39, 0.29) is 6.10 Å². The van der Waals surface area contributed by atoms with Crippen LogP contribution in [0.4, 0.5) is 5.69 Å². The topological polar surface area (TPSA) is 24.5 Å². The Morgan fingerprint density at radius 3 is 2.95 bits per heavy atom. The van der Waals surface area contributed by atoms with Gasteiger partial charge in [-0.05, 0) is 45.0 Å². The van der Waals surface area contributed by atoms with Crippen LogP contribution in [0.5, 0.6) is 0 Å². The lowest BCUT2D eigenvalue weighted by Gasteiger charge is -2.26. The van der Waals surface area contributed by atoms with E-state index in [0.717, 1.165) is 36.8 Å². The number of ether oxygens (including phenoxy) is 1. The molecule has 2 unspecified atom stereocenters. The summed E-state index contributed by atoms with van der Waals surface area (Å²) < 4.78 is 5.68. The number of nitrogens with one attached hydrogen (secondary N) is 1. The van der Waals surface area contributed by atoms with Gasteiger partial charge in [0.2, 0.25) is 0 Å². The third-order valence-electron chi connectivity index (χ3n) is 3.70. The van der Waals surface area contributed by atoms with E-state index in [9.17, 15) is 0 Å². The highest BCUT2D eigenvalue weighted by molar-refractivity contribution is 6.33. The number of rotatable bonds is 3. The highest BCUT2D eigenvalue weighted by atomic mass is 35.5. The van der Waals surface area contributed by atoms with Crippen molar-refractivity contribution >= 4 is 17.3 Å². The molecule has 3 nitrogen and oxygen atoms in total. The minimum absolute atomic E-state index is 0.259. The molecular formula is C15H23ClN2O. The third kappa shape index (κ3) is 3.62. The van der Waals surface area contributed by atoms with Gasteiger partial charge in [0, 0.05) is 25.7 Å². The van der Waals surface area contributed by atoms with Gasteiger partial charge in [-0.25, -0.2) is 0 Å². The normalized spacial score (nSPS) is 22.1. The minimum Gasteiger partial charge on any atom is -0.377 e. The fourth-order valence-corrected chi connectivity index (χ4v) is 2.74. The van der Waals surface area contributed by atoms with E-state index in [4.69, 9.17) is 16.3 Å². The van der Waals surface area contributed by atoms with Crippen molar-refractivity contribution < 1.29 is 4.74 Å². The standard InChI is InChI=1S/C15H23ClN2O/c1-11-10-18(7-4-8-19-11)15-6-5-13(9-14(15)16)12(2)17-3/h5-6,9,11-12,17H,4,7-8,10H2,1-3H3. The molecule has 1 fully saturated rings. The van der Waals surface area contributed by atoms with Crippen molar-refractivity contribution in [2.45, 2.75) is 32.4 Å². The lowest BCUT2D eigenvalue weighted by atomic mass is 10.1. The number of hydrogen-bond acceptors (Lipinski definition) is 3. The van der Waals surface area contributed by atoms with Crippen LogP contribution in [-0.2, 0) is 4.74 Å². The van der Waals surface area contributed by atoms with E-state index in [1.807, 2.05) is 7.05 Å².